The Kier molecular flexibility index (Phi) is 4.17. The van der Waals surface area contributed by atoms with Gasteiger partial charge >= 0.3 is 0 Å². The standard InChI is InChI=1S/C17H31N3/c1-11(2)20-15(18)14(19-16(20)17(4,5)6)13-9-7-12(3)8-10-13/h11-13H,7-10,18H2,1-6H3. The van der Waals surface area contributed by atoms with Crippen LogP contribution >= 0.6 is 0 Å². The Balaban J connectivity index is 2.40. The first-order chi connectivity index (χ1) is 9.21. The first-order valence-corrected chi connectivity index (χ1v) is 8.10. The lowest BCUT2D eigenvalue weighted by Crippen LogP contribution is -2.21. The molecule has 0 atom stereocenters. The van der Waals surface area contributed by atoms with Crippen LogP contribution in [0.15, 0.2) is 0 Å². The van der Waals surface area contributed by atoms with E-state index in [-0.39, 0.29) is 5.41 Å². The van der Waals surface area contributed by atoms with Gasteiger partial charge in [0.2, 0.25) is 0 Å². The maximum atomic E-state index is 6.47. The van der Waals surface area contributed by atoms with Gasteiger partial charge < -0.3 is 10.3 Å². The monoisotopic (exact) mass is 277 g/mol. The third-order valence-electron chi connectivity index (χ3n) is 4.57. The van der Waals surface area contributed by atoms with E-state index in [9.17, 15) is 0 Å². The minimum absolute atomic E-state index is 0.0403. The second-order valence-electron chi connectivity index (χ2n) is 7.88. The summed E-state index contributed by atoms with van der Waals surface area (Å²) in [5, 5.41) is 0. The van der Waals surface area contributed by atoms with Crippen molar-refractivity contribution in [1.82, 2.24) is 9.55 Å². The van der Waals surface area contributed by atoms with Crippen LogP contribution in [0.3, 0.4) is 0 Å². The van der Waals surface area contributed by atoms with Gasteiger partial charge in [-0.15, -0.1) is 0 Å². The summed E-state index contributed by atoms with van der Waals surface area (Å²) >= 11 is 0. The Bertz CT molecular complexity index is 457. The van der Waals surface area contributed by atoms with Crippen LogP contribution in [0.2, 0.25) is 0 Å². The molecular weight excluding hydrogens is 246 g/mol. The number of nitrogen functional groups attached to an aromatic ring is 1. The Morgan fingerprint density at radius 1 is 1.15 bits per heavy atom. The maximum Gasteiger partial charge on any atom is 0.127 e. The van der Waals surface area contributed by atoms with Gasteiger partial charge in [-0.1, -0.05) is 40.5 Å². The first-order valence-electron chi connectivity index (χ1n) is 8.10. The highest BCUT2D eigenvalue weighted by atomic mass is 15.2. The molecule has 1 aliphatic rings. The first kappa shape index (κ1) is 15.4. The van der Waals surface area contributed by atoms with E-state index in [4.69, 9.17) is 10.7 Å². The summed E-state index contributed by atoms with van der Waals surface area (Å²) in [4.78, 5) is 4.99. The van der Waals surface area contributed by atoms with Gasteiger partial charge in [0.05, 0.1) is 5.69 Å². The van der Waals surface area contributed by atoms with Crippen LogP contribution in [-0.4, -0.2) is 9.55 Å². The predicted octanol–water partition coefficient (Wildman–Crippen LogP) is 4.64. The van der Waals surface area contributed by atoms with E-state index in [2.05, 4.69) is 46.1 Å². The molecular formula is C17H31N3. The Hall–Kier alpha value is -0.990. The molecule has 1 heterocycles. The summed E-state index contributed by atoms with van der Waals surface area (Å²) in [5.41, 5.74) is 7.67. The summed E-state index contributed by atoms with van der Waals surface area (Å²) in [6, 6.07) is 0.369. The fourth-order valence-electron chi connectivity index (χ4n) is 3.35. The van der Waals surface area contributed by atoms with E-state index in [0.29, 0.717) is 12.0 Å². The van der Waals surface area contributed by atoms with Crippen LogP contribution in [0.5, 0.6) is 0 Å². The van der Waals surface area contributed by atoms with E-state index >= 15 is 0 Å². The lowest BCUT2D eigenvalue weighted by atomic mass is 9.81. The van der Waals surface area contributed by atoms with E-state index in [0.717, 1.165) is 23.3 Å². The zero-order valence-electron chi connectivity index (χ0n) is 14.0. The average Bonchev–Trinajstić information content (AvgIpc) is 2.68. The normalized spacial score (nSPS) is 24.4. The molecule has 20 heavy (non-hydrogen) atoms. The molecule has 0 radical (unpaired) electrons. The van der Waals surface area contributed by atoms with Crippen LogP contribution in [0.4, 0.5) is 5.82 Å². The molecule has 0 saturated heterocycles. The van der Waals surface area contributed by atoms with Crippen molar-refractivity contribution in [2.24, 2.45) is 5.92 Å². The molecule has 1 fully saturated rings. The zero-order valence-corrected chi connectivity index (χ0v) is 14.0. The second kappa shape index (κ2) is 5.42. The van der Waals surface area contributed by atoms with E-state index in [1.54, 1.807) is 0 Å². The van der Waals surface area contributed by atoms with Gasteiger partial charge in [0, 0.05) is 17.4 Å². The largest absolute Gasteiger partial charge is 0.384 e. The number of hydrogen-bond donors (Lipinski definition) is 1. The van der Waals surface area contributed by atoms with Crippen molar-refractivity contribution in [3.63, 3.8) is 0 Å². The van der Waals surface area contributed by atoms with Crippen molar-refractivity contribution >= 4 is 5.82 Å². The Morgan fingerprint density at radius 2 is 1.70 bits per heavy atom. The highest BCUT2D eigenvalue weighted by Gasteiger charge is 2.30. The molecule has 0 spiro atoms. The SMILES string of the molecule is CC1CCC(c2nc(C(C)(C)C)n(C(C)C)c2N)CC1. The quantitative estimate of drug-likeness (QED) is 0.856. The topological polar surface area (TPSA) is 43.8 Å². The van der Waals surface area contributed by atoms with E-state index < -0.39 is 0 Å². The minimum Gasteiger partial charge on any atom is -0.384 e. The third-order valence-corrected chi connectivity index (χ3v) is 4.57. The molecule has 2 N–H and O–H groups in total. The number of rotatable bonds is 2. The van der Waals surface area contributed by atoms with Crippen LogP contribution in [0, 0.1) is 5.92 Å². The number of anilines is 1. The fraction of sp³-hybridized carbons (Fsp3) is 0.824. The molecule has 1 saturated carbocycles. The molecule has 3 nitrogen and oxygen atoms in total. The van der Waals surface area contributed by atoms with Crippen molar-refractivity contribution in [2.75, 3.05) is 5.73 Å². The van der Waals surface area contributed by atoms with Gasteiger partial charge in [0.25, 0.3) is 0 Å². The lowest BCUT2D eigenvalue weighted by molar-refractivity contribution is 0.344. The Labute approximate surface area is 124 Å². The number of hydrogen-bond acceptors (Lipinski definition) is 2. The van der Waals surface area contributed by atoms with Crippen molar-refractivity contribution in [3.8, 4) is 0 Å². The smallest absolute Gasteiger partial charge is 0.127 e. The van der Waals surface area contributed by atoms with Gasteiger partial charge in [0.1, 0.15) is 11.6 Å². The van der Waals surface area contributed by atoms with Crippen molar-refractivity contribution in [3.05, 3.63) is 11.5 Å². The second-order valence-corrected chi connectivity index (χ2v) is 7.88. The van der Waals surface area contributed by atoms with Gasteiger partial charge in [-0.2, -0.15) is 0 Å². The molecule has 0 amide bonds. The average molecular weight is 277 g/mol. The van der Waals surface area contributed by atoms with Crippen LogP contribution in [-0.2, 0) is 5.41 Å². The van der Waals surface area contributed by atoms with Gasteiger partial charge in [0.15, 0.2) is 0 Å². The van der Waals surface area contributed by atoms with E-state index in [1.165, 1.54) is 25.7 Å². The maximum absolute atomic E-state index is 6.47. The third kappa shape index (κ3) is 2.87. The number of nitrogens with two attached hydrogens (primary N) is 1. The van der Waals surface area contributed by atoms with Crippen molar-refractivity contribution in [1.29, 1.82) is 0 Å². The molecule has 0 aliphatic heterocycles. The molecule has 1 aromatic heterocycles. The molecule has 0 aromatic carbocycles. The van der Waals surface area contributed by atoms with Crippen LogP contribution < -0.4 is 5.73 Å². The fourth-order valence-corrected chi connectivity index (χ4v) is 3.35. The van der Waals surface area contributed by atoms with E-state index in [1.807, 2.05) is 0 Å². The van der Waals surface area contributed by atoms with Crippen molar-refractivity contribution in [2.45, 2.75) is 84.6 Å². The molecule has 0 bridgehead atoms. The number of imidazole rings is 1. The molecule has 1 aliphatic carbocycles. The summed E-state index contributed by atoms with van der Waals surface area (Å²) in [7, 11) is 0. The highest BCUT2D eigenvalue weighted by molar-refractivity contribution is 5.42. The summed E-state index contributed by atoms with van der Waals surface area (Å²) < 4.78 is 2.24. The summed E-state index contributed by atoms with van der Waals surface area (Å²) in [6.07, 6.45) is 5.10. The Morgan fingerprint density at radius 3 is 2.10 bits per heavy atom. The summed E-state index contributed by atoms with van der Waals surface area (Å²) in [5.74, 6) is 3.47. The highest BCUT2D eigenvalue weighted by Crippen LogP contribution is 2.40. The van der Waals surface area contributed by atoms with Crippen LogP contribution in [0.1, 0.15) is 90.7 Å². The van der Waals surface area contributed by atoms with Gasteiger partial charge in [-0.3, -0.25) is 0 Å². The van der Waals surface area contributed by atoms with Gasteiger partial charge in [-0.05, 0) is 32.6 Å². The number of nitrogens with zero attached hydrogens (tertiary/aromatic N) is 2. The van der Waals surface area contributed by atoms with Crippen LogP contribution in [0.25, 0.3) is 0 Å². The lowest BCUT2D eigenvalue weighted by Gasteiger charge is -2.25. The zero-order chi connectivity index (χ0) is 15.1. The predicted molar refractivity (Wildman–Crippen MR) is 86.1 cm³/mol. The molecule has 0 unspecified atom stereocenters. The summed E-state index contributed by atoms with van der Waals surface area (Å²) in [6.45, 7) is 13.4. The molecule has 2 rings (SSSR count). The number of aromatic nitrogens is 2. The molecule has 1 aromatic rings. The minimum atomic E-state index is 0.0403. The molecule has 114 valence electrons. The molecule has 3 heteroatoms. The van der Waals surface area contributed by atoms with Gasteiger partial charge in [-0.25, -0.2) is 4.98 Å². The van der Waals surface area contributed by atoms with Crippen molar-refractivity contribution < 1.29 is 0 Å².